The lowest BCUT2D eigenvalue weighted by Gasteiger charge is -2.17. The molecule has 0 atom stereocenters. The summed E-state index contributed by atoms with van der Waals surface area (Å²) in [6.07, 6.45) is 0.802. The van der Waals surface area contributed by atoms with E-state index < -0.39 is 0 Å². The number of aryl methyl sites for hydroxylation is 1. The minimum atomic E-state index is -0.0669. The van der Waals surface area contributed by atoms with Gasteiger partial charge in [-0.25, -0.2) is 0 Å². The van der Waals surface area contributed by atoms with E-state index in [2.05, 4.69) is 16.3 Å². The van der Waals surface area contributed by atoms with Crippen molar-refractivity contribution in [3.8, 4) is 17.2 Å². The van der Waals surface area contributed by atoms with Gasteiger partial charge in [-0.1, -0.05) is 60.7 Å². The Hall–Kier alpha value is -3.04. The van der Waals surface area contributed by atoms with Gasteiger partial charge in [-0.15, -0.1) is 10.2 Å². The summed E-state index contributed by atoms with van der Waals surface area (Å²) in [5, 5.41) is 19.0. The van der Waals surface area contributed by atoms with Gasteiger partial charge in [0.05, 0.1) is 18.2 Å². The van der Waals surface area contributed by atoms with Crippen LogP contribution >= 0.6 is 11.3 Å². The smallest absolute Gasteiger partial charge is 0.226 e. The molecule has 0 bridgehead atoms. The molecule has 26 heavy (non-hydrogen) atoms. The normalized spacial score (nSPS) is 10.3. The second kappa shape index (κ2) is 7.89. The molecule has 1 amide bonds. The molecule has 0 radical (unpaired) electrons. The Morgan fingerprint density at radius 3 is 2.50 bits per heavy atom. The molecular weight excluding hydrogens is 344 g/mol. The van der Waals surface area contributed by atoms with Gasteiger partial charge in [-0.2, -0.15) is 5.26 Å². The third kappa shape index (κ3) is 3.79. The predicted molar refractivity (Wildman–Crippen MR) is 103 cm³/mol. The van der Waals surface area contributed by atoms with E-state index in [1.54, 1.807) is 4.90 Å². The molecule has 130 valence electrons. The van der Waals surface area contributed by atoms with Crippen LogP contribution in [0.15, 0.2) is 48.5 Å². The minimum absolute atomic E-state index is 0.0669. The van der Waals surface area contributed by atoms with Crippen molar-refractivity contribution in [1.29, 1.82) is 5.26 Å². The summed E-state index contributed by atoms with van der Waals surface area (Å²) < 4.78 is 0. The summed E-state index contributed by atoms with van der Waals surface area (Å²) >= 11 is 1.44. The quantitative estimate of drug-likeness (QED) is 0.682. The van der Waals surface area contributed by atoms with Crippen LogP contribution in [0.25, 0.3) is 11.1 Å². The summed E-state index contributed by atoms with van der Waals surface area (Å²) in [6.45, 7) is 3.98. The van der Waals surface area contributed by atoms with Crippen LogP contribution < -0.4 is 4.90 Å². The van der Waals surface area contributed by atoms with Crippen molar-refractivity contribution in [2.45, 2.75) is 26.8 Å². The van der Waals surface area contributed by atoms with Crippen LogP contribution in [0.5, 0.6) is 0 Å². The van der Waals surface area contributed by atoms with Gasteiger partial charge in [-0.05, 0) is 29.2 Å². The first-order valence-corrected chi connectivity index (χ1v) is 9.13. The molecule has 0 aliphatic carbocycles. The van der Waals surface area contributed by atoms with Crippen molar-refractivity contribution >= 4 is 22.4 Å². The second-order valence-electron chi connectivity index (χ2n) is 5.79. The van der Waals surface area contributed by atoms with Crippen molar-refractivity contribution in [3.05, 3.63) is 64.7 Å². The van der Waals surface area contributed by atoms with Gasteiger partial charge in [0.25, 0.3) is 0 Å². The van der Waals surface area contributed by atoms with Gasteiger partial charge in [0.2, 0.25) is 11.0 Å². The highest BCUT2D eigenvalue weighted by molar-refractivity contribution is 7.15. The molecule has 0 aliphatic heterocycles. The van der Waals surface area contributed by atoms with E-state index in [1.165, 1.54) is 18.3 Å². The zero-order valence-corrected chi connectivity index (χ0v) is 15.5. The monoisotopic (exact) mass is 362 g/mol. The molecule has 6 heteroatoms. The SMILES string of the molecule is CCc1nnc(N(Cc2ccc(-c3ccccc3C#N)cc2)C(C)=O)s1. The Kier molecular flexibility index (Phi) is 5.40. The molecule has 0 fully saturated rings. The summed E-state index contributed by atoms with van der Waals surface area (Å²) in [5.41, 5.74) is 3.52. The number of nitrogens with zero attached hydrogens (tertiary/aromatic N) is 4. The van der Waals surface area contributed by atoms with Crippen LogP contribution in [0.4, 0.5) is 5.13 Å². The molecule has 3 aromatic rings. The zero-order valence-electron chi connectivity index (χ0n) is 14.6. The van der Waals surface area contributed by atoms with Crippen LogP contribution in [-0.2, 0) is 17.8 Å². The van der Waals surface area contributed by atoms with Crippen LogP contribution in [-0.4, -0.2) is 16.1 Å². The number of anilines is 1. The molecular formula is C20H18N4OS. The Labute approximate surface area is 156 Å². The van der Waals surface area contributed by atoms with Gasteiger partial charge in [0.15, 0.2) is 0 Å². The molecule has 0 saturated carbocycles. The van der Waals surface area contributed by atoms with Crippen molar-refractivity contribution < 1.29 is 4.79 Å². The van der Waals surface area contributed by atoms with Crippen LogP contribution in [0.3, 0.4) is 0 Å². The fourth-order valence-electron chi connectivity index (χ4n) is 2.61. The Morgan fingerprint density at radius 1 is 1.15 bits per heavy atom. The number of hydrogen-bond donors (Lipinski definition) is 0. The number of aromatic nitrogens is 2. The number of carbonyl (C=O) groups excluding carboxylic acids is 1. The first-order valence-electron chi connectivity index (χ1n) is 8.31. The lowest BCUT2D eigenvalue weighted by molar-refractivity contribution is -0.116. The predicted octanol–water partition coefficient (Wildman–Crippen LogP) is 4.19. The van der Waals surface area contributed by atoms with Crippen LogP contribution in [0.1, 0.15) is 30.0 Å². The van der Waals surface area contributed by atoms with E-state index in [0.717, 1.165) is 28.1 Å². The first-order chi connectivity index (χ1) is 12.6. The highest BCUT2D eigenvalue weighted by Gasteiger charge is 2.17. The molecule has 1 aromatic heterocycles. The summed E-state index contributed by atoms with van der Waals surface area (Å²) in [4.78, 5) is 13.7. The topological polar surface area (TPSA) is 69.9 Å². The average Bonchev–Trinajstić information content (AvgIpc) is 3.15. The Bertz CT molecular complexity index is 956. The number of nitriles is 1. The lowest BCUT2D eigenvalue weighted by Crippen LogP contribution is -2.27. The number of amides is 1. The Morgan fingerprint density at radius 2 is 1.88 bits per heavy atom. The first kappa shape index (κ1) is 17.8. The average molecular weight is 362 g/mol. The maximum atomic E-state index is 12.0. The van der Waals surface area contributed by atoms with E-state index >= 15 is 0 Å². The molecule has 3 rings (SSSR count). The molecule has 0 spiro atoms. The van der Waals surface area contributed by atoms with Gasteiger partial charge in [-0.3, -0.25) is 9.69 Å². The molecule has 0 unspecified atom stereocenters. The Balaban J connectivity index is 1.83. The fourth-order valence-corrected chi connectivity index (χ4v) is 3.44. The second-order valence-corrected chi connectivity index (χ2v) is 6.83. The highest BCUT2D eigenvalue weighted by atomic mass is 32.1. The third-order valence-electron chi connectivity index (χ3n) is 4.02. The molecule has 2 aromatic carbocycles. The fraction of sp³-hybridized carbons (Fsp3) is 0.200. The maximum absolute atomic E-state index is 12.0. The largest absolute Gasteiger partial charge is 0.282 e. The van der Waals surface area contributed by atoms with Crippen LogP contribution in [0, 0.1) is 11.3 Å². The summed E-state index contributed by atoms with van der Waals surface area (Å²) in [6, 6.07) is 17.6. The standard InChI is InChI=1S/C20H18N4OS/c1-3-19-22-23-20(26-19)24(14(2)25)13-15-8-10-16(11-9-15)18-7-5-4-6-17(18)12-21/h4-11H,3,13H2,1-2H3. The van der Waals surface area contributed by atoms with E-state index in [-0.39, 0.29) is 5.91 Å². The molecule has 0 saturated heterocycles. The van der Waals surface area contributed by atoms with Crippen molar-refractivity contribution in [3.63, 3.8) is 0 Å². The van der Waals surface area contributed by atoms with E-state index in [0.29, 0.717) is 17.2 Å². The van der Waals surface area contributed by atoms with E-state index in [1.807, 2.05) is 55.5 Å². The van der Waals surface area contributed by atoms with Gasteiger partial charge >= 0.3 is 0 Å². The summed E-state index contributed by atoms with van der Waals surface area (Å²) in [7, 11) is 0. The van der Waals surface area contributed by atoms with Crippen LogP contribution in [0.2, 0.25) is 0 Å². The van der Waals surface area contributed by atoms with Gasteiger partial charge < -0.3 is 0 Å². The minimum Gasteiger partial charge on any atom is -0.282 e. The van der Waals surface area contributed by atoms with E-state index in [9.17, 15) is 10.1 Å². The van der Waals surface area contributed by atoms with Crippen molar-refractivity contribution in [1.82, 2.24) is 10.2 Å². The third-order valence-corrected chi connectivity index (χ3v) is 5.11. The van der Waals surface area contributed by atoms with Crippen molar-refractivity contribution in [2.24, 2.45) is 0 Å². The summed E-state index contributed by atoms with van der Waals surface area (Å²) in [5.74, 6) is -0.0669. The van der Waals surface area contributed by atoms with Gasteiger partial charge in [0, 0.05) is 6.92 Å². The van der Waals surface area contributed by atoms with Crippen molar-refractivity contribution in [2.75, 3.05) is 4.90 Å². The van der Waals surface area contributed by atoms with E-state index in [4.69, 9.17) is 0 Å². The molecule has 0 aliphatic rings. The lowest BCUT2D eigenvalue weighted by atomic mass is 9.99. The number of carbonyl (C=O) groups is 1. The molecule has 5 nitrogen and oxygen atoms in total. The maximum Gasteiger partial charge on any atom is 0.226 e. The number of rotatable bonds is 5. The number of benzene rings is 2. The zero-order chi connectivity index (χ0) is 18.5. The molecule has 1 heterocycles. The highest BCUT2D eigenvalue weighted by Crippen LogP contribution is 2.26. The van der Waals surface area contributed by atoms with Gasteiger partial charge in [0.1, 0.15) is 5.01 Å². The molecule has 0 N–H and O–H groups in total. The number of hydrogen-bond acceptors (Lipinski definition) is 5.